The molecular formula is C22H21NO2. The Kier molecular flexibility index (Phi) is 5.47. The molecule has 3 nitrogen and oxygen atoms in total. The highest BCUT2D eigenvalue weighted by molar-refractivity contribution is 5.82. The lowest BCUT2D eigenvalue weighted by atomic mass is 10.1. The first kappa shape index (κ1) is 16.8. The van der Waals surface area contributed by atoms with Gasteiger partial charge in [-0.25, -0.2) is 0 Å². The summed E-state index contributed by atoms with van der Waals surface area (Å²) in [6, 6.07) is 23.8. The van der Waals surface area contributed by atoms with Gasteiger partial charge in [0.05, 0.1) is 6.21 Å². The molecular weight excluding hydrogens is 310 g/mol. The highest BCUT2D eigenvalue weighted by atomic mass is 16.6. The third-order valence-electron chi connectivity index (χ3n) is 3.89. The molecule has 0 amide bonds. The van der Waals surface area contributed by atoms with Gasteiger partial charge in [0, 0.05) is 0 Å². The van der Waals surface area contributed by atoms with Crippen LogP contribution < -0.4 is 9.57 Å². The third-order valence-corrected chi connectivity index (χ3v) is 3.89. The minimum atomic E-state index is 0.561. The van der Waals surface area contributed by atoms with E-state index in [2.05, 4.69) is 23.4 Å². The number of aryl methyl sites for hydroxylation is 2. The quantitative estimate of drug-likeness (QED) is 0.453. The second kappa shape index (κ2) is 8.15. The Morgan fingerprint density at radius 2 is 1.52 bits per heavy atom. The van der Waals surface area contributed by atoms with Gasteiger partial charge in [0.2, 0.25) is 0 Å². The molecule has 3 aromatic carbocycles. The van der Waals surface area contributed by atoms with Crippen molar-refractivity contribution in [3.63, 3.8) is 0 Å². The topological polar surface area (TPSA) is 30.8 Å². The average molecular weight is 331 g/mol. The first-order chi connectivity index (χ1) is 12.2. The summed E-state index contributed by atoms with van der Waals surface area (Å²) < 4.78 is 5.96. The van der Waals surface area contributed by atoms with Crippen LogP contribution in [0.2, 0.25) is 0 Å². The predicted octanol–water partition coefficient (Wildman–Crippen LogP) is 5.30. The number of hydrogen-bond acceptors (Lipinski definition) is 3. The molecule has 0 N–H and O–H groups in total. The van der Waals surface area contributed by atoms with Gasteiger partial charge in [0.1, 0.15) is 12.4 Å². The highest BCUT2D eigenvalue weighted by Gasteiger charge is 2.05. The SMILES string of the molecule is Cc1cc(OCc2ccccc2)c(C)cc1/C=N/Oc1ccccc1. The van der Waals surface area contributed by atoms with Crippen molar-refractivity contribution in [2.75, 3.05) is 0 Å². The van der Waals surface area contributed by atoms with Crippen LogP contribution in [-0.4, -0.2) is 6.21 Å². The van der Waals surface area contributed by atoms with Crippen LogP contribution in [0.5, 0.6) is 11.5 Å². The van der Waals surface area contributed by atoms with E-state index in [1.807, 2.05) is 68.4 Å². The van der Waals surface area contributed by atoms with Crippen molar-refractivity contribution in [3.05, 3.63) is 95.1 Å². The molecule has 0 spiro atoms. The summed E-state index contributed by atoms with van der Waals surface area (Å²) in [5, 5.41) is 4.07. The summed E-state index contributed by atoms with van der Waals surface area (Å²) in [5.74, 6) is 1.61. The molecule has 0 saturated carbocycles. The smallest absolute Gasteiger partial charge is 0.157 e. The van der Waals surface area contributed by atoms with Gasteiger partial charge in [-0.3, -0.25) is 0 Å². The minimum Gasteiger partial charge on any atom is -0.489 e. The fourth-order valence-electron chi connectivity index (χ4n) is 2.47. The molecule has 0 unspecified atom stereocenters. The average Bonchev–Trinajstić information content (AvgIpc) is 2.65. The van der Waals surface area contributed by atoms with Gasteiger partial charge in [0.15, 0.2) is 5.75 Å². The van der Waals surface area contributed by atoms with Crippen LogP contribution in [0.4, 0.5) is 0 Å². The summed E-state index contributed by atoms with van der Waals surface area (Å²) in [6.45, 7) is 4.64. The van der Waals surface area contributed by atoms with Crippen LogP contribution in [0, 0.1) is 13.8 Å². The molecule has 0 aromatic heterocycles. The molecule has 0 aliphatic rings. The molecule has 0 aliphatic heterocycles. The van der Waals surface area contributed by atoms with Crippen molar-refractivity contribution < 1.29 is 9.57 Å². The minimum absolute atomic E-state index is 0.561. The largest absolute Gasteiger partial charge is 0.489 e. The molecule has 25 heavy (non-hydrogen) atoms. The summed E-state index contributed by atoms with van der Waals surface area (Å²) in [6.07, 6.45) is 1.73. The first-order valence-electron chi connectivity index (χ1n) is 8.26. The van der Waals surface area contributed by atoms with E-state index >= 15 is 0 Å². The van der Waals surface area contributed by atoms with E-state index in [0.29, 0.717) is 6.61 Å². The van der Waals surface area contributed by atoms with E-state index in [0.717, 1.165) is 33.8 Å². The standard InChI is InChI=1S/C22H21NO2/c1-17-14-22(24-16-19-9-5-3-6-10-19)18(2)13-20(17)15-23-25-21-11-7-4-8-12-21/h3-15H,16H2,1-2H3/b23-15+. The summed E-state index contributed by atoms with van der Waals surface area (Å²) in [5.41, 5.74) is 4.33. The maximum absolute atomic E-state index is 5.96. The molecule has 0 fully saturated rings. The van der Waals surface area contributed by atoms with Crippen molar-refractivity contribution in [1.29, 1.82) is 0 Å². The number of benzene rings is 3. The Morgan fingerprint density at radius 3 is 2.24 bits per heavy atom. The number of ether oxygens (including phenoxy) is 1. The molecule has 0 radical (unpaired) electrons. The number of oxime groups is 1. The van der Waals surface area contributed by atoms with Gasteiger partial charge in [-0.05, 0) is 60.4 Å². The zero-order chi connectivity index (χ0) is 17.5. The normalized spacial score (nSPS) is 10.8. The number of para-hydroxylation sites is 1. The second-order valence-electron chi connectivity index (χ2n) is 5.89. The van der Waals surface area contributed by atoms with Crippen molar-refractivity contribution in [2.45, 2.75) is 20.5 Å². The molecule has 0 aliphatic carbocycles. The molecule has 0 bridgehead atoms. The number of nitrogens with zero attached hydrogens (tertiary/aromatic N) is 1. The number of hydrogen-bond donors (Lipinski definition) is 0. The summed E-state index contributed by atoms with van der Waals surface area (Å²) in [4.78, 5) is 5.38. The Morgan fingerprint density at radius 1 is 0.840 bits per heavy atom. The second-order valence-corrected chi connectivity index (χ2v) is 5.89. The van der Waals surface area contributed by atoms with Crippen LogP contribution in [0.1, 0.15) is 22.3 Å². The van der Waals surface area contributed by atoms with E-state index in [9.17, 15) is 0 Å². The van der Waals surface area contributed by atoms with Gasteiger partial charge < -0.3 is 9.57 Å². The van der Waals surface area contributed by atoms with Crippen molar-refractivity contribution in [3.8, 4) is 11.5 Å². The Bertz CT molecular complexity index is 843. The monoisotopic (exact) mass is 331 g/mol. The van der Waals surface area contributed by atoms with Crippen LogP contribution in [-0.2, 0) is 6.61 Å². The fourth-order valence-corrected chi connectivity index (χ4v) is 2.47. The van der Waals surface area contributed by atoms with E-state index < -0.39 is 0 Å². The predicted molar refractivity (Wildman–Crippen MR) is 101 cm³/mol. The first-order valence-corrected chi connectivity index (χ1v) is 8.26. The van der Waals surface area contributed by atoms with Crippen LogP contribution in [0.3, 0.4) is 0 Å². The van der Waals surface area contributed by atoms with Gasteiger partial charge in [-0.15, -0.1) is 0 Å². The number of rotatable bonds is 6. The lowest BCUT2D eigenvalue weighted by Gasteiger charge is -2.12. The summed E-state index contributed by atoms with van der Waals surface area (Å²) in [7, 11) is 0. The third kappa shape index (κ3) is 4.70. The Labute approximate surface area is 148 Å². The van der Waals surface area contributed by atoms with Gasteiger partial charge in [0.25, 0.3) is 0 Å². The van der Waals surface area contributed by atoms with Gasteiger partial charge in [-0.2, -0.15) is 0 Å². The van der Waals surface area contributed by atoms with Crippen molar-refractivity contribution >= 4 is 6.21 Å². The lowest BCUT2D eigenvalue weighted by molar-refractivity contribution is 0.304. The molecule has 0 saturated heterocycles. The Hall–Kier alpha value is -3.07. The van der Waals surface area contributed by atoms with Crippen LogP contribution in [0.15, 0.2) is 78.0 Å². The molecule has 126 valence electrons. The highest BCUT2D eigenvalue weighted by Crippen LogP contribution is 2.23. The van der Waals surface area contributed by atoms with E-state index in [4.69, 9.17) is 9.57 Å². The van der Waals surface area contributed by atoms with Crippen LogP contribution >= 0.6 is 0 Å². The molecule has 0 heterocycles. The molecule has 3 aromatic rings. The molecule has 3 heteroatoms. The zero-order valence-electron chi connectivity index (χ0n) is 14.5. The maximum Gasteiger partial charge on any atom is 0.157 e. The maximum atomic E-state index is 5.96. The van der Waals surface area contributed by atoms with Crippen LogP contribution in [0.25, 0.3) is 0 Å². The van der Waals surface area contributed by atoms with Gasteiger partial charge >= 0.3 is 0 Å². The Balaban J connectivity index is 1.67. The molecule has 3 rings (SSSR count). The van der Waals surface area contributed by atoms with Crippen molar-refractivity contribution in [2.24, 2.45) is 5.16 Å². The molecule has 0 atom stereocenters. The lowest BCUT2D eigenvalue weighted by Crippen LogP contribution is -1.99. The van der Waals surface area contributed by atoms with Gasteiger partial charge in [-0.1, -0.05) is 53.7 Å². The summed E-state index contributed by atoms with van der Waals surface area (Å²) >= 11 is 0. The zero-order valence-corrected chi connectivity index (χ0v) is 14.5. The van der Waals surface area contributed by atoms with E-state index in [1.165, 1.54) is 0 Å². The van der Waals surface area contributed by atoms with E-state index in [-0.39, 0.29) is 0 Å². The van der Waals surface area contributed by atoms with Crippen molar-refractivity contribution in [1.82, 2.24) is 0 Å². The fraction of sp³-hybridized carbons (Fsp3) is 0.136. The van der Waals surface area contributed by atoms with E-state index in [1.54, 1.807) is 6.21 Å².